The second kappa shape index (κ2) is 5.64. The Kier molecular flexibility index (Phi) is 3.94. The second-order valence-electron chi connectivity index (χ2n) is 3.54. The number of carboxylic acids is 1. The van der Waals surface area contributed by atoms with Crippen molar-refractivity contribution in [1.29, 1.82) is 0 Å². The van der Waals surface area contributed by atoms with Gasteiger partial charge in [0.2, 0.25) is 0 Å². The van der Waals surface area contributed by atoms with Crippen LogP contribution in [0.1, 0.15) is 16.2 Å². The van der Waals surface area contributed by atoms with E-state index in [9.17, 15) is 9.18 Å². The van der Waals surface area contributed by atoms with Gasteiger partial charge in [0.1, 0.15) is 11.5 Å². The van der Waals surface area contributed by atoms with Gasteiger partial charge >= 0.3 is 5.97 Å². The molecule has 5 heteroatoms. The topological polar surface area (TPSA) is 50.2 Å². The number of rotatable bonds is 4. The standard InChI is InChI=1S/C13H10FNO2S/c14-10-5-1-2-7-12(10)18-8-9-4-3-6-11(15-9)13(16)17/h1-7H,8H2,(H,16,17). The Morgan fingerprint density at radius 3 is 2.72 bits per heavy atom. The SMILES string of the molecule is O=C(O)c1cccc(CSc2ccccc2F)n1. The molecule has 0 bridgehead atoms. The summed E-state index contributed by atoms with van der Waals surface area (Å²) in [6.07, 6.45) is 0. The van der Waals surface area contributed by atoms with Gasteiger partial charge in [0, 0.05) is 10.6 Å². The summed E-state index contributed by atoms with van der Waals surface area (Å²) in [5.74, 6) is -0.910. The smallest absolute Gasteiger partial charge is 0.354 e. The summed E-state index contributed by atoms with van der Waals surface area (Å²) in [7, 11) is 0. The van der Waals surface area contributed by atoms with E-state index in [1.165, 1.54) is 23.9 Å². The molecule has 2 aromatic rings. The maximum absolute atomic E-state index is 13.4. The quantitative estimate of drug-likeness (QED) is 0.860. The lowest BCUT2D eigenvalue weighted by atomic mass is 10.3. The molecule has 1 aromatic heterocycles. The number of pyridine rings is 1. The number of hydrogen-bond acceptors (Lipinski definition) is 3. The van der Waals surface area contributed by atoms with E-state index in [-0.39, 0.29) is 11.5 Å². The molecule has 0 saturated heterocycles. The summed E-state index contributed by atoms with van der Waals surface area (Å²) in [6.45, 7) is 0. The van der Waals surface area contributed by atoms with Crippen LogP contribution in [0.4, 0.5) is 4.39 Å². The molecule has 0 amide bonds. The lowest BCUT2D eigenvalue weighted by Crippen LogP contribution is -2.01. The number of aromatic carboxylic acids is 1. The molecule has 0 aliphatic rings. The van der Waals surface area contributed by atoms with Gasteiger partial charge in [0.25, 0.3) is 0 Å². The van der Waals surface area contributed by atoms with Crippen LogP contribution in [0.3, 0.4) is 0 Å². The first-order valence-electron chi connectivity index (χ1n) is 5.23. The first-order valence-corrected chi connectivity index (χ1v) is 6.22. The van der Waals surface area contributed by atoms with E-state index in [0.717, 1.165) is 0 Å². The first-order chi connectivity index (χ1) is 8.66. The highest BCUT2D eigenvalue weighted by Gasteiger charge is 2.06. The van der Waals surface area contributed by atoms with Crippen LogP contribution >= 0.6 is 11.8 Å². The highest BCUT2D eigenvalue weighted by Crippen LogP contribution is 2.24. The second-order valence-corrected chi connectivity index (χ2v) is 4.56. The summed E-state index contributed by atoms with van der Waals surface area (Å²) in [4.78, 5) is 15.3. The lowest BCUT2D eigenvalue weighted by Gasteiger charge is -2.03. The molecular formula is C13H10FNO2S. The largest absolute Gasteiger partial charge is 0.477 e. The molecule has 18 heavy (non-hydrogen) atoms. The minimum Gasteiger partial charge on any atom is -0.477 e. The van der Waals surface area contributed by atoms with Crippen molar-refractivity contribution in [3.8, 4) is 0 Å². The molecule has 1 N–H and O–H groups in total. The molecule has 1 aromatic carbocycles. The zero-order valence-corrected chi connectivity index (χ0v) is 10.2. The van der Waals surface area contributed by atoms with Crippen LogP contribution in [0.5, 0.6) is 0 Å². The number of aromatic nitrogens is 1. The van der Waals surface area contributed by atoms with E-state index in [1.807, 2.05) is 0 Å². The van der Waals surface area contributed by atoms with Gasteiger partial charge in [0.05, 0.1) is 5.69 Å². The number of nitrogens with zero attached hydrogens (tertiary/aromatic N) is 1. The zero-order chi connectivity index (χ0) is 13.0. The van der Waals surface area contributed by atoms with Crippen LogP contribution in [-0.2, 0) is 5.75 Å². The maximum Gasteiger partial charge on any atom is 0.354 e. The van der Waals surface area contributed by atoms with Gasteiger partial charge in [-0.05, 0) is 24.3 Å². The molecule has 2 rings (SSSR count). The van der Waals surface area contributed by atoms with Crippen molar-refractivity contribution in [3.05, 3.63) is 59.7 Å². The number of benzene rings is 1. The van der Waals surface area contributed by atoms with Crippen LogP contribution in [-0.4, -0.2) is 16.1 Å². The van der Waals surface area contributed by atoms with Crippen LogP contribution < -0.4 is 0 Å². The van der Waals surface area contributed by atoms with Crippen molar-refractivity contribution in [2.75, 3.05) is 0 Å². The number of carboxylic acid groups (broad SMARTS) is 1. The Balaban J connectivity index is 2.09. The summed E-state index contributed by atoms with van der Waals surface area (Å²) in [6, 6.07) is 11.2. The Labute approximate surface area is 108 Å². The van der Waals surface area contributed by atoms with E-state index in [1.54, 1.807) is 30.3 Å². The van der Waals surface area contributed by atoms with Crippen LogP contribution in [0.15, 0.2) is 47.4 Å². The molecule has 0 spiro atoms. The molecule has 92 valence electrons. The highest BCUT2D eigenvalue weighted by atomic mass is 32.2. The van der Waals surface area contributed by atoms with Crippen LogP contribution in [0, 0.1) is 5.82 Å². The van der Waals surface area contributed by atoms with Gasteiger partial charge in [0.15, 0.2) is 0 Å². The van der Waals surface area contributed by atoms with Crippen molar-refractivity contribution in [2.24, 2.45) is 0 Å². The van der Waals surface area contributed by atoms with Gasteiger partial charge in [-0.2, -0.15) is 0 Å². The number of thioether (sulfide) groups is 1. The molecule has 1 heterocycles. The molecule has 0 aliphatic heterocycles. The van der Waals surface area contributed by atoms with Gasteiger partial charge in [-0.15, -0.1) is 11.8 Å². The first kappa shape index (κ1) is 12.6. The normalized spacial score (nSPS) is 10.3. The molecule has 0 radical (unpaired) electrons. The predicted molar refractivity (Wildman–Crippen MR) is 67.2 cm³/mol. The minimum atomic E-state index is -1.06. The van der Waals surface area contributed by atoms with Crippen LogP contribution in [0.2, 0.25) is 0 Å². The third-order valence-electron chi connectivity index (χ3n) is 2.24. The Morgan fingerprint density at radius 1 is 1.22 bits per heavy atom. The molecule has 0 unspecified atom stereocenters. The molecule has 0 aliphatic carbocycles. The van der Waals surface area contributed by atoms with E-state index >= 15 is 0 Å². The van der Waals surface area contributed by atoms with E-state index in [4.69, 9.17) is 5.11 Å². The number of hydrogen-bond donors (Lipinski definition) is 1. The Hall–Kier alpha value is -1.88. The fourth-order valence-electron chi connectivity index (χ4n) is 1.39. The minimum absolute atomic E-state index is 0.00151. The van der Waals surface area contributed by atoms with Crippen LogP contribution in [0.25, 0.3) is 0 Å². The van der Waals surface area contributed by atoms with Gasteiger partial charge in [-0.25, -0.2) is 14.2 Å². The molecule has 0 fully saturated rings. The average molecular weight is 263 g/mol. The summed E-state index contributed by atoms with van der Waals surface area (Å²) < 4.78 is 13.4. The van der Waals surface area contributed by atoms with Crippen molar-refractivity contribution in [2.45, 2.75) is 10.6 Å². The Morgan fingerprint density at radius 2 is 2.00 bits per heavy atom. The number of carbonyl (C=O) groups is 1. The molecule has 0 saturated carbocycles. The van der Waals surface area contributed by atoms with Crippen molar-refractivity contribution >= 4 is 17.7 Å². The Bertz CT molecular complexity index is 574. The van der Waals surface area contributed by atoms with E-state index in [2.05, 4.69) is 4.98 Å². The van der Waals surface area contributed by atoms with Crippen molar-refractivity contribution in [3.63, 3.8) is 0 Å². The molecular weight excluding hydrogens is 253 g/mol. The molecule has 3 nitrogen and oxygen atoms in total. The van der Waals surface area contributed by atoms with E-state index in [0.29, 0.717) is 16.3 Å². The zero-order valence-electron chi connectivity index (χ0n) is 9.34. The molecule has 0 atom stereocenters. The summed E-state index contributed by atoms with van der Waals surface area (Å²) in [5.41, 5.74) is 0.616. The fraction of sp³-hybridized carbons (Fsp3) is 0.0769. The fourth-order valence-corrected chi connectivity index (χ4v) is 2.24. The van der Waals surface area contributed by atoms with E-state index < -0.39 is 5.97 Å². The van der Waals surface area contributed by atoms with Gasteiger partial charge < -0.3 is 5.11 Å². The predicted octanol–water partition coefficient (Wildman–Crippen LogP) is 3.21. The number of halogens is 1. The van der Waals surface area contributed by atoms with Crippen molar-refractivity contribution in [1.82, 2.24) is 4.98 Å². The van der Waals surface area contributed by atoms with Gasteiger partial charge in [-0.1, -0.05) is 18.2 Å². The summed E-state index contributed by atoms with van der Waals surface area (Å²) >= 11 is 1.29. The van der Waals surface area contributed by atoms with Crippen molar-refractivity contribution < 1.29 is 14.3 Å². The monoisotopic (exact) mass is 263 g/mol. The average Bonchev–Trinajstić information content (AvgIpc) is 2.38. The van der Waals surface area contributed by atoms with Gasteiger partial charge in [-0.3, -0.25) is 0 Å². The third kappa shape index (κ3) is 3.07. The maximum atomic E-state index is 13.4. The summed E-state index contributed by atoms with van der Waals surface area (Å²) in [5, 5.41) is 8.81. The third-order valence-corrected chi connectivity index (χ3v) is 3.32. The highest BCUT2D eigenvalue weighted by molar-refractivity contribution is 7.98. The lowest BCUT2D eigenvalue weighted by molar-refractivity contribution is 0.0690.